The van der Waals surface area contributed by atoms with E-state index >= 15 is 0 Å². The van der Waals surface area contributed by atoms with Gasteiger partial charge in [-0.2, -0.15) is 5.10 Å². The van der Waals surface area contributed by atoms with Crippen molar-refractivity contribution < 1.29 is 14.6 Å². The quantitative estimate of drug-likeness (QED) is 0.707. The number of hydrogen-bond acceptors (Lipinski definition) is 4. The van der Waals surface area contributed by atoms with Gasteiger partial charge in [0, 0.05) is 6.54 Å². The third kappa shape index (κ3) is 1.63. The summed E-state index contributed by atoms with van der Waals surface area (Å²) in [4.78, 5) is 10.7. The van der Waals surface area contributed by atoms with Gasteiger partial charge in [0.15, 0.2) is 17.6 Å². The van der Waals surface area contributed by atoms with Gasteiger partial charge in [-0.1, -0.05) is 0 Å². The first-order valence-corrected chi connectivity index (χ1v) is 4.35. The van der Waals surface area contributed by atoms with Gasteiger partial charge in [-0.3, -0.25) is 9.48 Å². The highest BCUT2D eigenvalue weighted by molar-refractivity contribution is 5.65. The molecule has 0 aromatic carbocycles. The van der Waals surface area contributed by atoms with Crippen molar-refractivity contribution in [2.24, 2.45) is 0 Å². The molecule has 1 aromatic heterocycles. The SMILES string of the molecule is CCn1ncc(OC)c1C(C)(O)C=O. The molecule has 5 heteroatoms. The van der Waals surface area contributed by atoms with Crippen molar-refractivity contribution in [3.8, 4) is 5.75 Å². The second-order valence-electron chi connectivity index (χ2n) is 3.14. The molecular weight excluding hydrogens is 184 g/mol. The first kappa shape index (κ1) is 10.7. The highest BCUT2D eigenvalue weighted by Crippen LogP contribution is 2.27. The van der Waals surface area contributed by atoms with E-state index in [-0.39, 0.29) is 0 Å². The molecule has 78 valence electrons. The van der Waals surface area contributed by atoms with Crippen LogP contribution in [-0.2, 0) is 16.9 Å². The number of methoxy groups -OCH3 is 1. The number of aryl methyl sites for hydroxylation is 1. The van der Waals surface area contributed by atoms with Crippen molar-refractivity contribution in [2.45, 2.75) is 26.0 Å². The van der Waals surface area contributed by atoms with Crippen LogP contribution < -0.4 is 4.74 Å². The molecule has 0 aliphatic carbocycles. The van der Waals surface area contributed by atoms with E-state index in [0.29, 0.717) is 24.3 Å². The molecule has 5 nitrogen and oxygen atoms in total. The van der Waals surface area contributed by atoms with Gasteiger partial charge in [0.2, 0.25) is 0 Å². The van der Waals surface area contributed by atoms with E-state index in [2.05, 4.69) is 5.10 Å². The van der Waals surface area contributed by atoms with E-state index in [1.54, 1.807) is 0 Å². The molecule has 0 radical (unpaired) electrons. The van der Waals surface area contributed by atoms with Gasteiger partial charge in [-0.25, -0.2) is 0 Å². The monoisotopic (exact) mass is 198 g/mol. The molecule has 1 N–H and O–H groups in total. The molecule has 0 saturated heterocycles. The number of rotatable bonds is 4. The fourth-order valence-corrected chi connectivity index (χ4v) is 1.32. The van der Waals surface area contributed by atoms with Crippen LogP contribution in [0.1, 0.15) is 19.5 Å². The number of aromatic nitrogens is 2. The van der Waals surface area contributed by atoms with E-state index in [9.17, 15) is 9.90 Å². The Hall–Kier alpha value is -1.36. The molecule has 1 rings (SSSR count). The Labute approximate surface area is 82.3 Å². The minimum Gasteiger partial charge on any atom is -0.493 e. The Balaban J connectivity index is 3.27. The predicted molar refractivity (Wildman–Crippen MR) is 50.1 cm³/mol. The first-order chi connectivity index (χ1) is 6.56. The van der Waals surface area contributed by atoms with Crippen molar-refractivity contribution in [3.05, 3.63) is 11.9 Å². The zero-order valence-electron chi connectivity index (χ0n) is 8.52. The number of nitrogens with zero attached hydrogens (tertiary/aromatic N) is 2. The predicted octanol–water partition coefficient (Wildman–Crippen LogP) is 0.318. The highest BCUT2D eigenvalue weighted by Gasteiger charge is 2.30. The minimum atomic E-state index is -1.56. The maximum Gasteiger partial charge on any atom is 0.163 e. The fraction of sp³-hybridized carbons (Fsp3) is 0.556. The van der Waals surface area contributed by atoms with Gasteiger partial charge >= 0.3 is 0 Å². The zero-order chi connectivity index (χ0) is 10.8. The molecule has 0 aliphatic heterocycles. The molecular formula is C9H14N2O3. The zero-order valence-corrected chi connectivity index (χ0v) is 8.52. The second-order valence-corrected chi connectivity index (χ2v) is 3.14. The molecule has 0 bridgehead atoms. The molecule has 1 aromatic rings. The lowest BCUT2D eigenvalue weighted by atomic mass is 10.0. The fourth-order valence-electron chi connectivity index (χ4n) is 1.32. The Bertz CT molecular complexity index is 309. The third-order valence-corrected chi connectivity index (χ3v) is 2.03. The summed E-state index contributed by atoms with van der Waals surface area (Å²) in [6.07, 6.45) is 1.95. The lowest BCUT2D eigenvalue weighted by Crippen LogP contribution is -2.27. The Morgan fingerprint density at radius 2 is 2.43 bits per heavy atom. The van der Waals surface area contributed by atoms with Gasteiger partial charge in [0.05, 0.1) is 13.3 Å². The molecule has 0 amide bonds. The summed E-state index contributed by atoms with van der Waals surface area (Å²) in [5.41, 5.74) is -1.17. The summed E-state index contributed by atoms with van der Waals surface area (Å²) in [5, 5.41) is 13.8. The number of carbonyl (C=O) groups is 1. The molecule has 0 spiro atoms. The largest absolute Gasteiger partial charge is 0.493 e. The van der Waals surface area contributed by atoms with Crippen LogP contribution in [0.2, 0.25) is 0 Å². The smallest absolute Gasteiger partial charge is 0.163 e. The molecule has 1 heterocycles. The summed E-state index contributed by atoms with van der Waals surface area (Å²) in [7, 11) is 1.47. The van der Waals surface area contributed by atoms with Crippen molar-refractivity contribution >= 4 is 6.29 Å². The van der Waals surface area contributed by atoms with Crippen LogP contribution >= 0.6 is 0 Å². The van der Waals surface area contributed by atoms with Gasteiger partial charge in [0.1, 0.15) is 5.69 Å². The van der Waals surface area contributed by atoms with Crippen LogP contribution in [0.4, 0.5) is 0 Å². The second kappa shape index (κ2) is 3.79. The van der Waals surface area contributed by atoms with Crippen molar-refractivity contribution in [3.63, 3.8) is 0 Å². The number of ether oxygens (including phenoxy) is 1. The molecule has 14 heavy (non-hydrogen) atoms. The number of carbonyl (C=O) groups excluding carboxylic acids is 1. The van der Waals surface area contributed by atoms with Crippen LogP contribution in [0.15, 0.2) is 6.20 Å². The number of aliphatic hydroxyl groups is 1. The summed E-state index contributed by atoms with van der Waals surface area (Å²) in [6.45, 7) is 3.85. The van der Waals surface area contributed by atoms with Crippen LogP contribution in [0.5, 0.6) is 5.75 Å². The van der Waals surface area contributed by atoms with Gasteiger partial charge in [-0.15, -0.1) is 0 Å². The van der Waals surface area contributed by atoms with Crippen LogP contribution in [0, 0.1) is 0 Å². The van der Waals surface area contributed by atoms with Crippen LogP contribution in [-0.4, -0.2) is 28.3 Å². The molecule has 1 unspecified atom stereocenters. The topological polar surface area (TPSA) is 64.3 Å². The maximum atomic E-state index is 10.7. The first-order valence-electron chi connectivity index (χ1n) is 4.35. The Kier molecular flexibility index (Phi) is 2.90. The summed E-state index contributed by atoms with van der Waals surface area (Å²) in [5.74, 6) is 0.420. The van der Waals surface area contributed by atoms with Gasteiger partial charge < -0.3 is 9.84 Å². The highest BCUT2D eigenvalue weighted by atomic mass is 16.5. The van der Waals surface area contributed by atoms with Gasteiger partial charge in [0.25, 0.3) is 0 Å². The van der Waals surface area contributed by atoms with E-state index in [1.165, 1.54) is 24.9 Å². The van der Waals surface area contributed by atoms with Crippen LogP contribution in [0.25, 0.3) is 0 Å². The van der Waals surface area contributed by atoms with E-state index < -0.39 is 5.60 Å². The summed E-state index contributed by atoms with van der Waals surface area (Å²) >= 11 is 0. The summed E-state index contributed by atoms with van der Waals surface area (Å²) < 4.78 is 6.55. The van der Waals surface area contributed by atoms with Crippen molar-refractivity contribution in [2.75, 3.05) is 7.11 Å². The Morgan fingerprint density at radius 1 is 1.79 bits per heavy atom. The lowest BCUT2D eigenvalue weighted by Gasteiger charge is -2.18. The summed E-state index contributed by atoms with van der Waals surface area (Å²) in [6, 6.07) is 0. The van der Waals surface area contributed by atoms with Gasteiger partial charge in [-0.05, 0) is 13.8 Å². The van der Waals surface area contributed by atoms with E-state index in [1.807, 2.05) is 6.92 Å². The normalized spacial score (nSPS) is 14.9. The van der Waals surface area contributed by atoms with Crippen molar-refractivity contribution in [1.82, 2.24) is 9.78 Å². The average Bonchev–Trinajstić information content (AvgIpc) is 2.61. The average molecular weight is 198 g/mol. The molecule has 0 fully saturated rings. The lowest BCUT2D eigenvalue weighted by molar-refractivity contribution is -0.123. The van der Waals surface area contributed by atoms with Crippen LogP contribution in [0.3, 0.4) is 0 Å². The molecule has 0 saturated carbocycles. The minimum absolute atomic E-state index is 0.387. The Morgan fingerprint density at radius 3 is 2.86 bits per heavy atom. The molecule has 0 aliphatic rings. The maximum absolute atomic E-state index is 10.7. The third-order valence-electron chi connectivity index (χ3n) is 2.03. The number of hydrogen-bond donors (Lipinski definition) is 1. The number of aldehydes is 1. The van der Waals surface area contributed by atoms with Crippen molar-refractivity contribution in [1.29, 1.82) is 0 Å². The molecule has 1 atom stereocenters. The standard InChI is InChI=1S/C9H14N2O3/c1-4-11-8(9(2,13)6-12)7(14-3)5-10-11/h5-6,13H,4H2,1-3H3. The van der Waals surface area contributed by atoms with E-state index in [4.69, 9.17) is 4.74 Å². The van der Waals surface area contributed by atoms with E-state index in [0.717, 1.165) is 0 Å².